The molecule has 0 fully saturated rings. The lowest BCUT2D eigenvalue weighted by atomic mass is 10.2. The Morgan fingerprint density at radius 2 is 1.92 bits per heavy atom. The zero-order valence-electron chi connectivity index (χ0n) is 7.88. The van der Waals surface area contributed by atoms with E-state index in [1.54, 1.807) is 0 Å². The summed E-state index contributed by atoms with van der Waals surface area (Å²) in [6.45, 7) is 4.68. The Labute approximate surface area is 78.2 Å². The van der Waals surface area contributed by atoms with E-state index >= 15 is 0 Å². The Kier molecular flexibility index (Phi) is 6.96. The molecule has 0 bridgehead atoms. The van der Waals surface area contributed by atoms with Gasteiger partial charge in [0.15, 0.2) is 0 Å². The van der Waals surface area contributed by atoms with Crippen molar-refractivity contribution in [3.63, 3.8) is 0 Å². The number of rotatable bonds is 6. The molecule has 0 aliphatic carbocycles. The molecule has 0 heterocycles. The molecule has 0 atom stereocenters. The molecule has 13 heavy (non-hydrogen) atoms. The summed E-state index contributed by atoms with van der Waals surface area (Å²) in [5.74, 6) is -1.03. The molecule has 0 saturated heterocycles. The maximum Gasteiger partial charge on any atom is 0.309 e. The first-order valence-electron chi connectivity index (χ1n) is 4.31. The molecule has 4 nitrogen and oxygen atoms in total. The van der Waals surface area contributed by atoms with Gasteiger partial charge in [-0.25, -0.2) is 0 Å². The monoisotopic (exact) mass is 187 g/mol. The third-order valence-corrected chi connectivity index (χ3v) is 1.42. The van der Waals surface area contributed by atoms with Gasteiger partial charge in [0.2, 0.25) is 6.79 Å². The van der Waals surface area contributed by atoms with Crippen molar-refractivity contribution >= 4 is 11.9 Å². The van der Waals surface area contributed by atoms with Gasteiger partial charge >= 0.3 is 11.9 Å². The number of esters is 2. The molecule has 0 aliphatic rings. The van der Waals surface area contributed by atoms with Crippen LogP contribution in [0.25, 0.3) is 0 Å². The third-order valence-electron chi connectivity index (χ3n) is 1.42. The fourth-order valence-electron chi connectivity index (χ4n) is 0.752. The van der Waals surface area contributed by atoms with Gasteiger partial charge in [0.1, 0.15) is 0 Å². The SMILES string of the molecule is [CH2]C(=O)OCOC(=O)CCCCC. The van der Waals surface area contributed by atoms with Crippen molar-refractivity contribution in [2.75, 3.05) is 6.79 Å². The summed E-state index contributed by atoms with van der Waals surface area (Å²) in [5, 5.41) is 0. The van der Waals surface area contributed by atoms with Gasteiger partial charge in [0.05, 0.1) is 6.92 Å². The van der Waals surface area contributed by atoms with E-state index in [4.69, 9.17) is 0 Å². The van der Waals surface area contributed by atoms with Gasteiger partial charge in [-0.3, -0.25) is 9.59 Å². The van der Waals surface area contributed by atoms with Gasteiger partial charge in [0, 0.05) is 6.42 Å². The minimum absolute atomic E-state index is 0.326. The van der Waals surface area contributed by atoms with Crippen molar-refractivity contribution in [3.8, 4) is 0 Å². The number of carbonyl (C=O) groups is 2. The summed E-state index contributed by atoms with van der Waals surface area (Å²) >= 11 is 0. The second kappa shape index (κ2) is 7.58. The molecule has 0 aromatic carbocycles. The Morgan fingerprint density at radius 1 is 1.23 bits per heavy atom. The molecule has 0 unspecified atom stereocenters. The second-order valence-corrected chi connectivity index (χ2v) is 2.61. The van der Waals surface area contributed by atoms with Crippen molar-refractivity contribution in [1.82, 2.24) is 0 Å². The lowest BCUT2D eigenvalue weighted by Crippen LogP contribution is -2.10. The Hall–Kier alpha value is -1.06. The van der Waals surface area contributed by atoms with Crippen LogP contribution in [0.2, 0.25) is 0 Å². The van der Waals surface area contributed by atoms with Gasteiger partial charge in [-0.1, -0.05) is 19.8 Å². The summed E-state index contributed by atoms with van der Waals surface area (Å²) in [5.41, 5.74) is 0. The fraction of sp³-hybridized carbons (Fsp3) is 0.667. The number of carbonyl (C=O) groups excluding carboxylic acids is 2. The minimum atomic E-state index is -0.693. The summed E-state index contributed by atoms with van der Waals surface area (Å²) in [7, 11) is 0. The van der Waals surface area contributed by atoms with Crippen LogP contribution in [0.4, 0.5) is 0 Å². The fourth-order valence-corrected chi connectivity index (χ4v) is 0.752. The largest absolute Gasteiger partial charge is 0.428 e. The van der Waals surface area contributed by atoms with Gasteiger partial charge in [0.25, 0.3) is 0 Å². The average molecular weight is 187 g/mol. The van der Waals surface area contributed by atoms with Crippen molar-refractivity contribution in [2.45, 2.75) is 32.6 Å². The zero-order chi connectivity index (χ0) is 10.1. The molecule has 0 aliphatic heterocycles. The second-order valence-electron chi connectivity index (χ2n) is 2.61. The molecule has 0 aromatic rings. The van der Waals surface area contributed by atoms with E-state index in [9.17, 15) is 9.59 Å². The van der Waals surface area contributed by atoms with E-state index in [1.165, 1.54) is 0 Å². The van der Waals surface area contributed by atoms with Gasteiger partial charge in [-0.15, -0.1) is 0 Å². The molecule has 0 N–H and O–H groups in total. The maximum atomic E-state index is 10.9. The lowest BCUT2D eigenvalue weighted by molar-refractivity contribution is -0.164. The number of hydrogen-bond donors (Lipinski definition) is 0. The first-order valence-corrected chi connectivity index (χ1v) is 4.31. The van der Waals surface area contributed by atoms with Crippen molar-refractivity contribution in [2.24, 2.45) is 0 Å². The number of ether oxygens (including phenoxy) is 2. The topological polar surface area (TPSA) is 52.6 Å². The van der Waals surface area contributed by atoms with Crippen LogP contribution in [0.1, 0.15) is 32.6 Å². The smallest absolute Gasteiger partial charge is 0.309 e. The summed E-state index contributed by atoms with van der Waals surface area (Å²) in [4.78, 5) is 21.0. The van der Waals surface area contributed by atoms with E-state index in [0.29, 0.717) is 6.42 Å². The summed E-state index contributed by atoms with van der Waals surface area (Å²) in [6, 6.07) is 0. The van der Waals surface area contributed by atoms with Crippen LogP contribution < -0.4 is 0 Å². The van der Waals surface area contributed by atoms with E-state index in [0.717, 1.165) is 19.3 Å². The zero-order valence-corrected chi connectivity index (χ0v) is 7.88. The first-order chi connectivity index (χ1) is 6.16. The van der Waals surface area contributed by atoms with Crippen molar-refractivity contribution < 1.29 is 19.1 Å². The predicted molar refractivity (Wildman–Crippen MR) is 46.6 cm³/mol. The van der Waals surface area contributed by atoms with Crippen LogP contribution >= 0.6 is 0 Å². The maximum absolute atomic E-state index is 10.9. The molecule has 1 radical (unpaired) electrons. The Balaban J connectivity index is 3.25. The van der Waals surface area contributed by atoms with E-state index < -0.39 is 5.97 Å². The molecule has 4 heteroatoms. The molecular formula is C9H15O4. The normalized spacial score (nSPS) is 9.38. The summed E-state index contributed by atoms with van der Waals surface area (Å²) < 4.78 is 8.90. The molecule has 0 rings (SSSR count). The van der Waals surface area contributed by atoms with Crippen LogP contribution in [0.3, 0.4) is 0 Å². The van der Waals surface area contributed by atoms with Crippen LogP contribution in [0.15, 0.2) is 0 Å². The van der Waals surface area contributed by atoms with Crippen LogP contribution in [0.5, 0.6) is 0 Å². The van der Waals surface area contributed by atoms with E-state index in [2.05, 4.69) is 23.3 Å². The quantitative estimate of drug-likeness (QED) is 0.358. The minimum Gasteiger partial charge on any atom is -0.428 e. The standard InChI is InChI=1S/C9H15O4/c1-3-4-5-6-9(11)13-7-12-8(2)10/h2-7H2,1H3. The van der Waals surface area contributed by atoms with Crippen LogP contribution in [-0.2, 0) is 19.1 Å². The van der Waals surface area contributed by atoms with Crippen molar-refractivity contribution in [3.05, 3.63) is 6.92 Å². The highest BCUT2D eigenvalue weighted by Gasteiger charge is 2.02. The average Bonchev–Trinajstić information content (AvgIpc) is 2.04. The van der Waals surface area contributed by atoms with Gasteiger partial charge in [-0.2, -0.15) is 0 Å². The molecule has 0 saturated carbocycles. The van der Waals surface area contributed by atoms with E-state index in [-0.39, 0.29) is 12.8 Å². The predicted octanol–water partition coefficient (Wildman–Crippen LogP) is 1.44. The Morgan fingerprint density at radius 3 is 2.46 bits per heavy atom. The Bertz CT molecular complexity index is 165. The van der Waals surface area contributed by atoms with Crippen LogP contribution in [0, 0.1) is 6.92 Å². The van der Waals surface area contributed by atoms with Crippen LogP contribution in [-0.4, -0.2) is 18.7 Å². The molecule has 0 spiro atoms. The molecule has 0 aromatic heterocycles. The highest BCUT2D eigenvalue weighted by molar-refractivity contribution is 5.74. The molecule has 75 valence electrons. The lowest BCUT2D eigenvalue weighted by Gasteiger charge is -2.03. The number of hydrogen-bond acceptors (Lipinski definition) is 4. The first kappa shape index (κ1) is 11.9. The highest BCUT2D eigenvalue weighted by Crippen LogP contribution is 2.00. The molecular weight excluding hydrogens is 172 g/mol. The highest BCUT2D eigenvalue weighted by atomic mass is 16.7. The summed E-state index contributed by atoms with van der Waals surface area (Å²) in [6.07, 6.45) is 3.25. The van der Waals surface area contributed by atoms with E-state index in [1.807, 2.05) is 0 Å². The van der Waals surface area contributed by atoms with Crippen molar-refractivity contribution in [1.29, 1.82) is 0 Å². The van der Waals surface area contributed by atoms with Gasteiger partial charge < -0.3 is 9.47 Å². The van der Waals surface area contributed by atoms with Gasteiger partial charge in [-0.05, 0) is 6.42 Å². The number of unbranched alkanes of at least 4 members (excludes halogenated alkanes) is 2. The molecule has 0 amide bonds. The third kappa shape index (κ3) is 8.85.